The Bertz CT molecular complexity index is 154. The number of nitrogens with one attached hydrogen (secondary N) is 1. The van der Waals surface area contributed by atoms with Crippen LogP contribution in [-0.4, -0.2) is 24.8 Å². The molecule has 0 saturated carbocycles. The fourth-order valence-electron chi connectivity index (χ4n) is 0.583. The van der Waals surface area contributed by atoms with Gasteiger partial charge in [-0.1, -0.05) is 0 Å². The van der Waals surface area contributed by atoms with Crippen molar-refractivity contribution in [3.05, 3.63) is 0 Å². The Morgan fingerprint density at radius 2 is 2.08 bits per heavy atom. The smallest absolute Gasteiger partial charge is 0.431 e. The number of hydroxylamine groups is 1. The molecule has 13 heavy (non-hydrogen) atoms. The Balaban J connectivity index is 3.41. The van der Waals surface area contributed by atoms with Gasteiger partial charge in [0.15, 0.2) is 0 Å². The van der Waals surface area contributed by atoms with Crippen molar-refractivity contribution in [2.24, 2.45) is 0 Å². The number of rotatable bonds is 4. The Morgan fingerprint density at radius 1 is 1.46 bits per heavy atom. The van der Waals surface area contributed by atoms with E-state index in [1.54, 1.807) is 20.8 Å². The minimum absolute atomic E-state index is 0.461. The highest BCUT2D eigenvalue weighted by Gasteiger charge is 2.15. The summed E-state index contributed by atoms with van der Waals surface area (Å²) >= 11 is 0. The summed E-state index contributed by atoms with van der Waals surface area (Å²) in [5.74, 6) is 0. The average molecular weight is 191 g/mol. The first-order chi connectivity index (χ1) is 5.95. The number of carbonyl (C=O) groups excluding carboxylic acids is 1. The van der Waals surface area contributed by atoms with Crippen LogP contribution < -0.4 is 11.2 Å². The van der Waals surface area contributed by atoms with E-state index in [1.807, 2.05) is 0 Å². The number of amides is 1. The van der Waals surface area contributed by atoms with Crippen LogP contribution in [0.4, 0.5) is 4.79 Å². The van der Waals surface area contributed by atoms with Crippen molar-refractivity contribution in [3.8, 4) is 0 Å². The number of hydrogen-bond acceptors (Lipinski definition) is 3. The zero-order chi connectivity index (χ0) is 10.3. The zero-order valence-corrected chi connectivity index (χ0v) is 8.55. The highest BCUT2D eigenvalue weighted by atomic mass is 16.7. The summed E-state index contributed by atoms with van der Waals surface area (Å²) in [6.07, 6.45) is 0.257. The third kappa shape index (κ3) is 9.10. The molecule has 0 aromatic rings. The normalized spacial score (nSPS) is 11.1. The molecule has 0 aromatic carbocycles. The minimum Gasteiger partial charge on any atom is -0.442 e. The van der Waals surface area contributed by atoms with Crippen molar-refractivity contribution in [3.63, 3.8) is 0 Å². The van der Waals surface area contributed by atoms with Gasteiger partial charge in [-0.3, -0.25) is 4.84 Å². The van der Waals surface area contributed by atoms with Crippen molar-refractivity contribution in [2.45, 2.75) is 32.8 Å². The Labute approximate surface area is 78.5 Å². The summed E-state index contributed by atoms with van der Waals surface area (Å²) in [5.41, 5.74) is 5.34. The summed E-state index contributed by atoms with van der Waals surface area (Å²) in [6.45, 7) is 6.63. The van der Waals surface area contributed by atoms with E-state index in [4.69, 9.17) is 9.57 Å². The van der Waals surface area contributed by atoms with E-state index in [2.05, 4.69) is 11.2 Å². The summed E-state index contributed by atoms with van der Waals surface area (Å²) < 4.78 is 4.93. The van der Waals surface area contributed by atoms with Gasteiger partial charge in [0.1, 0.15) is 5.60 Å². The fraction of sp³-hybridized carbons (Fsp3) is 0.875. The molecule has 0 bridgehead atoms. The minimum atomic E-state index is -0.559. The molecule has 5 heteroatoms. The quantitative estimate of drug-likeness (QED) is 0.488. The number of quaternary nitrogens is 1. The lowest BCUT2D eigenvalue weighted by molar-refractivity contribution is -0.369. The second-order valence-electron chi connectivity index (χ2n) is 3.66. The SMILES string of the molecule is CC(C)(C)OC(=O)NOCCC[NH3+]. The lowest BCUT2D eigenvalue weighted by atomic mass is 10.2. The first-order valence-corrected chi connectivity index (χ1v) is 4.36. The first-order valence-electron chi connectivity index (χ1n) is 4.36. The fourth-order valence-corrected chi connectivity index (χ4v) is 0.583. The van der Waals surface area contributed by atoms with Crippen LogP contribution in [0.5, 0.6) is 0 Å². The molecule has 4 N–H and O–H groups in total. The molecule has 78 valence electrons. The molecule has 5 nitrogen and oxygen atoms in total. The maximum Gasteiger partial charge on any atom is 0.431 e. The summed E-state index contributed by atoms with van der Waals surface area (Å²) in [4.78, 5) is 15.8. The maximum atomic E-state index is 10.9. The van der Waals surface area contributed by atoms with Gasteiger partial charge in [0.25, 0.3) is 0 Å². The van der Waals surface area contributed by atoms with E-state index in [0.29, 0.717) is 6.61 Å². The highest BCUT2D eigenvalue weighted by molar-refractivity contribution is 5.66. The predicted octanol–water partition coefficient (Wildman–Crippen LogP) is 0.0747. The topological polar surface area (TPSA) is 75.2 Å². The molecular weight excluding hydrogens is 172 g/mol. The number of carbonyl (C=O) groups is 1. The molecule has 0 aliphatic rings. The van der Waals surface area contributed by atoms with E-state index in [-0.39, 0.29) is 0 Å². The van der Waals surface area contributed by atoms with Crippen LogP contribution in [0, 0.1) is 0 Å². The molecule has 0 radical (unpaired) electrons. The third-order valence-corrected chi connectivity index (χ3v) is 1.05. The van der Waals surface area contributed by atoms with Gasteiger partial charge in [0.2, 0.25) is 0 Å². The molecular formula is C8H19N2O3+. The van der Waals surface area contributed by atoms with E-state index in [1.165, 1.54) is 0 Å². The maximum absolute atomic E-state index is 10.9. The third-order valence-electron chi connectivity index (χ3n) is 1.05. The second kappa shape index (κ2) is 5.77. The van der Waals surface area contributed by atoms with Gasteiger partial charge < -0.3 is 10.5 Å². The van der Waals surface area contributed by atoms with Crippen LogP contribution in [0.15, 0.2) is 0 Å². The Hall–Kier alpha value is -0.810. The van der Waals surface area contributed by atoms with Crippen LogP contribution >= 0.6 is 0 Å². The lowest BCUT2D eigenvalue weighted by Crippen LogP contribution is -2.50. The van der Waals surface area contributed by atoms with E-state index in [0.717, 1.165) is 13.0 Å². The molecule has 0 fully saturated rings. The van der Waals surface area contributed by atoms with Gasteiger partial charge in [-0.15, -0.1) is 0 Å². The van der Waals surface area contributed by atoms with Gasteiger partial charge in [0, 0.05) is 6.42 Å². The standard InChI is InChI=1S/C8H18N2O3/c1-8(2,3)13-7(11)10-12-6-4-5-9/h4-6,9H2,1-3H3,(H,10,11)/p+1. The second-order valence-corrected chi connectivity index (χ2v) is 3.66. The Morgan fingerprint density at radius 3 is 2.54 bits per heavy atom. The Kier molecular flexibility index (Phi) is 5.41. The van der Waals surface area contributed by atoms with E-state index in [9.17, 15) is 4.79 Å². The van der Waals surface area contributed by atoms with E-state index >= 15 is 0 Å². The zero-order valence-electron chi connectivity index (χ0n) is 8.55. The molecule has 0 aliphatic heterocycles. The average Bonchev–Trinajstić information content (AvgIpc) is 1.94. The van der Waals surface area contributed by atoms with Crippen LogP contribution in [0.2, 0.25) is 0 Å². The van der Waals surface area contributed by atoms with Crippen molar-refractivity contribution >= 4 is 6.09 Å². The molecule has 0 aromatic heterocycles. The van der Waals surface area contributed by atoms with Crippen LogP contribution in [0.3, 0.4) is 0 Å². The van der Waals surface area contributed by atoms with E-state index < -0.39 is 11.7 Å². The van der Waals surface area contributed by atoms with Gasteiger partial charge in [-0.2, -0.15) is 5.48 Å². The molecule has 0 saturated heterocycles. The van der Waals surface area contributed by atoms with Crippen molar-refractivity contribution in [2.75, 3.05) is 13.2 Å². The lowest BCUT2D eigenvalue weighted by Gasteiger charge is -2.19. The summed E-state index contributed by atoms with van der Waals surface area (Å²) in [6, 6.07) is 0. The number of hydrogen-bond donors (Lipinski definition) is 2. The van der Waals surface area contributed by atoms with Gasteiger partial charge in [-0.05, 0) is 20.8 Å². The van der Waals surface area contributed by atoms with Crippen LogP contribution in [0.25, 0.3) is 0 Å². The monoisotopic (exact) mass is 191 g/mol. The number of ether oxygens (including phenoxy) is 1. The van der Waals surface area contributed by atoms with Gasteiger partial charge in [0.05, 0.1) is 13.2 Å². The van der Waals surface area contributed by atoms with Crippen molar-refractivity contribution in [1.29, 1.82) is 0 Å². The molecule has 0 heterocycles. The first kappa shape index (κ1) is 12.2. The molecule has 0 unspecified atom stereocenters. The van der Waals surface area contributed by atoms with Crippen molar-refractivity contribution < 1.29 is 20.1 Å². The molecule has 1 amide bonds. The predicted molar refractivity (Wildman–Crippen MR) is 47.7 cm³/mol. The highest BCUT2D eigenvalue weighted by Crippen LogP contribution is 2.06. The molecule has 0 rings (SSSR count). The van der Waals surface area contributed by atoms with Gasteiger partial charge >= 0.3 is 6.09 Å². The summed E-state index contributed by atoms with van der Waals surface area (Å²) in [7, 11) is 0. The molecule has 0 aliphatic carbocycles. The largest absolute Gasteiger partial charge is 0.442 e. The molecule has 0 atom stereocenters. The van der Waals surface area contributed by atoms with Crippen LogP contribution in [0.1, 0.15) is 27.2 Å². The van der Waals surface area contributed by atoms with Gasteiger partial charge in [-0.25, -0.2) is 4.79 Å². The molecule has 0 spiro atoms. The summed E-state index contributed by atoms with van der Waals surface area (Å²) in [5, 5.41) is 0. The van der Waals surface area contributed by atoms with Crippen molar-refractivity contribution in [1.82, 2.24) is 5.48 Å². The van der Waals surface area contributed by atoms with Crippen LogP contribution in [-0.2, 0) is 9.57 Å².